The minimum atomic E-state index is -0.761. The van der Waals surface area contributed by atoms with E-state index in [1.807, 2.05) is 34.6 Å². The molecule has 0 saturated carbocycles. The van der Waals surface area contributed by atoms with E-state index in [9.17, 15) is 9.59 Å². The molecule has 1 heterocycles. The van der Waals surface area contributed by atoms with Crippen LogP contribution in [-0.4, -0.2) is 45.3 Å². The molecule has 0 aliphatic heterocycles. The van der Waals surface area contributed by atoms with Gasteiger partial charge in [0.25, 0.3) is 5.91 Å². The fraction of sp³-hybridized carbons (Fsp3) is 0.654. The number of hydrogen-bond donors (Lipinski definition) is 1. The molecule has 9 nitrogen and oxygen atoms in total. The number of nitrogens with zero attached hydrogens (tertiary/aromatic N) is 3. The highest BCUT2D eigenvalue weighted by molar-refractivity contribution is 5.97. The molecular weight excluding hydrogens is 467 g/mol. The third-order valence-corrected chi connectivity index (χ3v) is 6.04. The molecule has 0 spiro atoms. The lowest BCUT2D eigenvalue weighted by atomic mass is 10.1. The molecule has 36 heavy (non-hydrogen) atoms. The molecule has 0 radical (unpaired) electrons. The predicted octanol–water partition coefficient (Wildman–Crippen LogP) is 4.66. The highest BCUT2D eigenvalue weighted by atomic mass is 19.1. The Morgan fingerprint density at radius 1 is 1.14 bits per heavy atom. The van der Waals surface area contributed by atoms with Gasteiger partial charge in [0.05, 0.1) is 11.7 Å². The zero-order valence-electron chi connectivity index (χ0n) is 22.8. The third kappa shape index (κ3) is 7.16. The standard InChI is InChI=1S/C26H41FN4O5/c1-9-13-16(5)35-23-15-22(21(27)14-20(23)25(32)28-19(10-2)11-3)31-26(33)30(8)24(29-31)17(6)36-18(7)34-12-4/h14-19H,9-13H2,1-8H3,(H,28,32). The van der Waals surface area contributed by atoms with Gasteiger partial charge in [0.15, 0.2) is 12.1 Å². The third-order valence-electron chi connectivity index (χ3n) is 6.04. The maximum Gasteiger partial charge on any atom is 0.350 e. The van der Waals surface area contributed by atoms with Gasteiger partial charge < -0.3 is 19.5 Å². The lowest BCUT2D eigenvalue weighted by Crippen LogP contribution is -2.34. The Morgan fingerprint density at radius 2 is 1.81 bits per heavy atom. The number of hydrogen-bond acceptors (Lipinski definition) is 6. The highest BCUT2D eigenvalue weighted by Gasteiger charge is 2.25. The Morgan fingerprint density at radius 3 is 2.39 bits per heavy atom. The number of halogens is 1. The van der Waals surface area contributed by atoms with Crippen LogP contribution in [0.3, 0.4) is 0 Å². The Bertz CT molecular complexity index is 1060. The van der Waals surface area contributed by atoms with E-state index in [0.29, 0.717) is 12.4 Å². The summed E-state index contributed by atoms with van der Waals surface area (Å²) in [5.74, 6) is -0.676. The molecular formula is C26H41FN4O5. The van der Waals surface area contributed by atoms with Crippen LogP contribution in [-0.2, 0) is 16.5 Å². The van der Waals surface area contributed by atoms with Crippen molar-refractivity contribution in [3.05, 3.63) is 39.8 Å². The zero-order chi connectivity index (χ0) is 27.0. The summed E-state index contributed by atoms with van der Waals surface area (Å²) in [6, 6.07) is 2.44. The smallest absolute Gasteiger partial charge is 0.350 e. The maximum atomic E-state index is 15.4. The summed E-state index contributed by atoms with van der Waals surface area (Å²) in [7, 11) is 1.54. The van der Waals surface area contributed by atoms with Gasteiger partial charge in [-0.25, -0.2) is 9.18 Å². The van der Waals surface area contributed by atoms with E-state index in [1.165, 1.54) is 10.6 Å². The number of amides is 1. The van der Waals surface area contributed by atoms with Crippen LogP contribution in [0.4, 0.5) is 4.39 Å². The lowest BCUT2D eigenvalue weighted by Gasteiger charge is -2.20. The Labute approximate surface area is 212 Å². The van der Waals surface area contributed by atoms with Gasteiger partial charge in [-0.15, -0.1) is 5.10 Å². The van der Waals surface area contributed by atoms with E-state index in [2.05, 4.69) is 10.4 Å². The molecule has 2 aromatic rings. The van der Waals surface area contributed by atoms with Gasteiger partial charge in [0, 0.05) is 25.8 Å². The van der Waals surface area contributed by atoms with E-state index < -0.39 is 29.8 Å². The minimum Gasteiger partial charge on any atom is -0.490 e. The maximum absolute atomic E-state index is 15.4. The van der Waals surface area contributed by atoms with Crippen molar-refractivity contribution in [2.24, 2.45) is 7.05 Å². The summed E-state index contributed by atoms with van der Waals surface area (Å²) in [4.78, 5) is 26.1. The summed E-state index contributed by atoms with van der Waals surface area (Å²) < 4.78 is 34.9. The number of benzene rings is 1. The van der Waals surface area contributed by atoms with Crippen LogP contribution in [0, 0.1) is 5.82 Å². The Balaban J connectivity index is 2.54. The SMILES string of the molecule is CCCC(C)Oc1cc(-n2nc(C(C)OC(C)OCC)n(C)c2=O)c(F)cc1C(=O)NC(CC)CC. The van der Waals surface area contributed by atoms with E-state index in [0.717, 1.165) is 36.4 Å². The largest absolute Gasteiger partial charge is 0.490 e. The summed E-state index contributed by atoms with van der Waals surface area (Å²) in [6.07, 6.45) is 1.83. The molecule has 3 unspecified atom stereocenters. The van der Waals surface area contributed by atoms with Crippen molar-refractivity contribution in [3.63, 3.8) is 0 Å². The average molecular weight is 509 g/mol. The van der Waals surface area contributed by atoms with Crippen LogP contribution in [0.5, 0.6) is 5.75 Å². The van der Waals surface area contributed by atoms with E-state index in [-0.39, 0.29) is 29.1 Å². The van der Waals surface area contributed by atoms with Crippen LogP contribution in [0.1, 0.15) is 96.4 Å². The number of nitrogens with one attached hydrogen (secondary N) is 1. The molecule has 1 amide bonds. The molecule has 0 aliphatic carbocycles. The topological polar surface area (TPSA) is 96.6 Å². The number of carbonyl (C=O) groups excluding carboxylic acids is 1. The first-order chi connectivity index (χ1) is 17.1. The molecule has 3 atom stereocenters. The second-order valence-electron chi connectivity index (χ2n) is 8.92. The summed E-state index contributed by atoms with van der Waals surface area (Å²) in [5.41, 5.74) is -0.576. The van der Waals surface area contributed by atoms with Gasteiger partial charge in [-0.1, -0.05) is 27.2 Å². The second-order valence-corrected chi connectivity index (χ2v) is 8.92. The summed E-state index contributed by atoms with van der Waals surface area (Å²) in [5, 5.41) is 7.28. The minimum absolute atomic E-state index is 0.0392. The van der Waals surface area contributed by atoms with Gasteiger partial charge >= 0.3 is 5.69 Å². The van der Waals surface area contributed by atoms with E-state index in [4.69, 9.17) is 14.2 Å². The number of carbonyl (C=O) groups is 1. The lowest BCUT2D eigenvalue weighted by molar-refractivity contribution is -0.156. The first-order valence-corrected chi connectivity index (χ1v) is 12.8. The van der Waals surface area contributed by atoms with Crippen molar-refractivity contribution in [2.45, 2.75) is 98.7 Å². The fourth-order valence-corrected chi connectivity index (χ4v) is 4.00. The van der Waals surface area contributed by atoms with Crippen LogP contribution >= 0.6 is 0 Å². The van der Waals surface area contributed by atoms with Gasteiger partial charge in [-0.05, 0) is 53.0 Å². The van der Waals surface area contributed by atoms with Crippen molar-refractivity contribution in [3.8, 4) is 11.4 Å². The number of aromatic nitrogens is 3. The highest BCUT2D eigenvalue weighted by Crippen LogP contribution is 2.28. The molecule has 1 N–H and O–H groups in total. The number of rotatable bonds is 14. The van der Waals surface area contributed by atoms with Crippen molar-refractivity contribution in [1.82, 2.24) is 19.7 Å². The van der Waals surface area contributed by atoms with Crippen LogP contribution < -0.4 is 15.7 Å². The van der Waals surface area contributed by atoms with Gasteiger partial charge in [-0.2, -0.15) is 4.68 Å². The van der Waals surface area contributed by atoms with Crippen molar-refractivity contribution in [1.29, 1.82) is 0 Å². The second kappa shape index (κ2) is 13.5. The number of ether oxygens (including phenoxy) is 3. The molecule has 0 fully saturated rings. The van der Waals surface area contributed by atoms with Gasteiger partial charge in [0.2, 0.25) is 0 Å². The van der Waals surface area contributed by atoms with Gasteiger partial charge in [0.1, 0.15) is 23.4 Å². The molecule has 1 aromatic heterocycles. The predicted molar refractivity (Wildman–Crippen MR) is 136 cm³/mol. The normalized spacial score (nSPS) is 14.1. The molecule has 10 heteroatoms. The summed E-state index contributed by atoms with van der Waals surface area (Å²) in [6.45, 7) is 13.7. The molecule has 0 saturated heterocycles. The van der Waals surface area contributed by atoms with Crippen molar-refractivity contribution >= 4 is 5.91 Å². The Hall–Kier alpha value is -2.72. The first-order valence-electron chi connectivity index (χ1n) is 12.8. The molecule has 202 valence electrons. The zero-order valence-corrected chi connectivity index (χ0v) is 22.8. The summed E-state index contributed by atoms with van der Waals surface area (Å²) >= 11 is 0. The van der Waals surface area contributed by atoms with E-state index >= 15 is 4.39 Å². The van der Waals surface area contributed by atoms with Crippen molar-refractivity contribution in [2.75, 3.05) is 6.61 Å². The van der Waals surface area contributed by atoms with Crippen LogP contribution in [0.25, 0.3) is 5.69 Å². The molecule has 0 aliphatic rings. The molecule has 0 bridgehead atoms. The van der Waals surface area contributed by atoms with Gasteiger partial charge in [-0.3, -0.25) is 9.36 Å². The monoisotopic (exact) mass is 508 g/mol. The van der Waals surface area contributed by atoms with Crippen molar-refractivity contribution < 1.29 is 23.4 Å². The van der Waals surface area contributed by atoms with Crippen LogP contribution in [0.2, 0.25) is 0 Å². The average Bonchev–Trinajstić information content (AvgIpc) is 3.12. The fourth-order valence-electron chi connectivity index (χ4n) is 4.00. The van der Waals surface area contributed by atoms with E-state index in [1.54, 1.807) is 20.9 Å². The Kier molecular flexibility index (Phi) is 11.1. The quantitative estimate of drug-likeness (QED) is 0.373. The van der Waals surface area contributed by atoms with Crippen LogP contribution in [0.15, 0.2) is 16.9 Å². The molecule has 1 aromatic carbocycles. The molecule has 2 rings (SSSR count). The first kappa shape index (κ1) is 29.5.